The van der Waals surface area contributed by atoms with E-state index in [-0.39, 0.29) is 0 Å². The lowest BCUT2D eigenvalue weighted by Crippen LogP contribution is -2.26. The molecule has 0 aliphatic carbocycles. The van der Waals surface area contributed by atoms with Gasteiger partial charge in [-0.25, -0.2) is 4.79 Å². The van der Waals surface area contributed by atoms with Crippen LogP contribution in [0.4, 0.5) is 5.69 Å². The molecule has 0 atom stereocenters. The molecule has 1 aromatic rings. The van der Waals surface area contributed by atoms with Crippen LogP contribution in [0.2, 0.25) is 0 Å². The Balaban J connectivity index is 2.46. The van der Waals surface area contributed by atoms with Gasteiger partial charge in [0.2, 0.25) is 6.08 Å². The minimum absolute atomic E-state index is 0.672. The molecular formula is C10H11N3O. The predicted octanol–water partition coefficient (Wildman–Crippen LogP) is 1.04. The summed E-state index contributed by atoms with van der Waals surface area (Å²) in [5.41, 5.74) is 2.97. The molecule has 0 bridgehead atoms. The first-order valence-electron chi connectivity index (χ1n) is 4.53. The van der Waals surface area contributed by atoms with Crippen LogP contribution in [0.15, 0.2) is 17.4 Å². The maximum Gasteiger partial charge on any atom is 0.240 e. The number of aliphatic imine (C=N–C) groups is 1. The summed E-state index contributed by atoms with van der Waals surface area (Å²) in [5.74, 6) is 0. The van der Waals surface area contributed by atoms with Gasteiger partial charge in [-0.05, 0) is 24.6 Å². The van der Waals surface area contributed by atoms with E-state index in [1.165, 1.54) is 0 Å². The molecule has 0 fully saturated rings. The number of carbonyl (C=O) groups excluding carboxylic acids is 1. The summed E-state index contributed by atoms with van der Waals surface area (Å²) in [4.78, 5) is 20.1. The van der Waals surface area contributed by atoms with E-state index < -0.39 is 0 Å². The quantitative estimate of drug-likeness (QED) is 0.489. The first-order chi connectivity index (χ1) is 6.81. The molecule has 0 spiro atoms. The lowest BCUT2D eigenvalue weighted by atomic mass is 10.0. The van der Waals surface area contributed by atoms with Crippen LogP contribution in [-0.4, -0.2) is 29.6 Å². The van der Waals surface area contributed by atoms with E-state index in [2.05, 4.69) is 21.9 Å². The van der Waals surface area contributed by atoms with Gasteiger partial charge in [-0.3, -0.25) is 4.98 Å². The van der Waals surface area contributed by atoms with Crippen molar-refractivity contribution in [2.24, 2.45) is 4.99 Å². The monoisotopic (exact) mass is 189 g/mol. The average molecular weight is 189 g/mol. The molecule has 2 heterocycles. The zero-order chi connectivity index (χ0) is 9.97. The van der Waals surface area contributed by atoms with E-state index in [1.807, 2.05) is 6.20 Å². The standard InChI is InChI=1S/C10H11N3O/c1-13-3-2-9-8(6-13)4-11-5-10(9)12-7-14/h4-5H,2-3,6H2,1H3. The Labute approximate surface area is 82.3 Å². The molecule has 72 valence electrons. The second-order valence-corrected chi connectivity index (χ2v) is 3.49. The molecule has 4 nitrogen and oxygen atoms in total. The topological polar surface area (TPSA) is 45.6 Å². The van der Waals surface area contributed by atoms with Gasteiger partial charge < -0.3 is 4.90 Å². The van der Waals surface area contributed by atoms with Gasteiger partial charge in [-0.15, -0.1) is 0 Å². The number of hydrogen-bond acceptors (Lipinski definition) is 4. The van der Waals surface area contributed by atoms with Crippen LogP contribution in [0.5, 0.6) is 0 Å². The van der Waals surface area contributed by atoms with Crippen molar-refractivity contribution in [3.63, 3.8) is 0 Å². The van der Waals surface area contributed by atoms with E-state index in [4.69, 9.17) is 0 Å². The molecule has 0 saturated carbocycles. The molecule has 4 heteroatoms. The fourth-order valence-corrected chi connectivity index (χ4v) is 1.76. The van der Waals surface area contributed by atoms with Crippen molar-refractivity contribution in [1.82, 2.24) is 9.88 Å². The van der Waals surface area contributed by atoms with Crippen molar-refractivity contribution in [3.05, 3.63) is 23.5 Å². The third-order valence-corrected chi connectivity index (χ3v) is 2.47. The number of pyridine rings is 1. The van der Waals surface area contributed by atoms with Crippen molar-refractivity contribution in [1.29, 1.82) is 0 Å². The maximum atomic E-state index is 10.2. The molecule has 14 heavy (non-hydrogen) atoms. The summed E-state index contributed by atoms with van der Waals surface area (Å²) in [7, 11) is 2.07. The average Bonchev–Trinajstić information content (AvgIpc) is 2.18. The van der Waals surface area contributed by atoms with Crippen molar-refractivity contribution in [3.8, 4) is 0 Å². The Morgan fingerprint density at radius 1 is 1.57 bits per heavy atom. The van der Waals surface area contributed by atoms with E-state index in [0.717, 1.165) is 30.6 Å². The summed E-state index contributed by atoms with van der Waals surface area (Å²) in [6.07, 6.45) is 5.95. The summed E-state index contributed by atoms with van der Waals surface area (Å²) in [6.45, 7) is 1.88. The third kappa shape index (κ3) is 1.58. The van der Waals surface area contributed by atoms with E-state index in [1.54, 1.807) is 12.3 Å². The van der Waals surface area contributed by atoms with Crippen LogP contribution in [-0.2, 0) is 17.8 Å². The number of aromatic nitrogens is 1. The normalized spacial score (nSPS) is 15.8. The zero-order valence-corrected chi connectivity index (χ0v) is 8.03. The number of likely N-dealkylation sites (N-methyl/N-ethyl adjacent to an activating group) is 1. The van der Waals surface area contributed by atoms with Gasteiger partial charge in [0, 0.05) is 19.3 Å². The minimum atomic E-state index is 0.672. The maximum absolute atomic E-state index is 10.2. The van der Waals surface area contributed by atoms with Crippen molar-refractivity contribution in [2.45, 2.75) is 13.0 Å². The second kappa shape index (κ2) is 3.70. The zero-order valence-electron chi connectivity index (χ0n) is 8.03. The molecule has 2 rings (SSSR count). The van der Waals surface area contributed by atoms with Gasteiger partial charge >= 0.3 is 0 Å². The van der Waals surface area contributed by atoms with Crippen molar-refractivity contribution >= 4 is 11.8 Å². The summed E-state index contributed by atoms with van der Waals surface area (Å²) in [6, 6.07) is 0. The van der Waals surface area contributed by atoms with Crippen LogP contribution in [0.1, 0.15) is 11.1 Å². The number of hydrogen-bond donors (Lipinski definition) is 0. The summed E-state index contributed by atoms with van der Waals surface area (Å²) in [5, 5.41) is 0. The number of rotatable bonds is 1. The Morgan fingerprint density at radius 3 is 3.21 bits per heavy atom. The predicted molar refractivity (Wildman–Crippen MR) is 52.1 cm³/mol. The van der Waals surface area contributed by atoms with Gasteiger partial charge in [0.1, 0.15) is 0 Å². The molecule has 0 N–H and O–H groups in total. The number of isocyanates is 1. The highest BCUT2D eigenvalue weighted by atomic mass is 16.1. The number of nitrogens with zero attached hydrogens (tertiary/aromatic N) is 3. The Bertz CT molecular complexity index is 396. The molecule has 0 amide bonds. The molecule has 1 aliphatic heterocycles. The highest BCUT2D eigenvalue weighted by molar-refractivity contribution is 5.55. The molecule has 0 saturated heterocycles. The second-order valence-electron chi connectivity index (χ2n) is 3.49. The fraction of sp³-hybridized carbons (Fsp3) is 0.400. The van der Waals surface area contributed by atoms with Crippen LogP contribution in [0, 0.1) is 0 Å². The van der Waals surface area contributed by atoms with Gasteiger partial charge in [-0.1, -0.05) is 0 Å². The lowest BCUT2D eigenvalue weighted by molar-refractivity contribution is 0.312. The summed E-state index contributed by atoms with van der Waals surface area (Å²) < 4.78 is 0. The highest BCUT2D eigenvalue weighted by Gasteiger charge is 2.16. The van der Waals surface area contributed by atoms with Gasteiger partial charge in [0.25, 0.3) is 0 Å². The Morgan fingerprint density at radius 2 is 2.43 bits per heavy atom. The minimum Gasteiger partial charge on any atom is -0.302 e. The molecular weight excluding hydrogens is 178 g/mol. The fourth-order valence-electron chi connectivity index (χ4n) is 1.76. The van der Waals surface area contributed by atoms with Crippen LogP contribution < -0.4 is 0 Å². The van der Waals surface area contributed by atoms with E-state index >= 15 is 0 Å². The number of fused-ring (bicyclic) bond motifs is 1. The smallest absolute Gasteiger partial charge is 0.240 e. The lowest BCUT2D eigenvalue weighted by Gasteiger charge is -2.24. The molecule has 0 aromatic carbocycles. The summed E-state index contributed by atoms with van der Waals surface area (Å²) >= 11 is 0. The van der Waals surface area contributed by atoms with Crippen LogP contribution in [0.25, 0.3) is 0 Å². The first-order valence-corrected chi connectivity index (χ1v) is 4.53. The molecule has 0 unspecified atom stereocenters. The molecule has 0 radical (unpaired) electrons. The highest BCUT2D eigenvalue weighted by Crippen LogP contribution is 2.25. The molecule has 1 aliphatic rings. The SMILES string of the molecule is CN1CCc2c(cncc2N=C=O)C1. The van der Waals surface area contributed by atoms with Gasteiger partial charge in [0.05, 0.1) is 11.9 Å². The van der Waals surface area contributed by atoms with Crippen LogP contribution in [0.3, 0.4) is 0 Å². The van der Waals surface area contributed by atoms with E-state index in [9.17, 15) is 4.79 Å². The van der Waals surface area contributed by atoms with Gasteiger partial charge in [-0.2, -0.15) is 4.99 Å². The molecule has 1 aromatic heterocycles. The van der Waals surface area contributed by atoms with Crippen LogP contribution >= 0.6 is 0 Å². The largest absolute Gasteiger partial charge is 0.302 e. The van der Waals surface area contributed by atoms with E-state index in [0.29, 0.717) is 5.69 Å². The Kier molecular flexibility index (Phi) is 2.39. The van der Waals surface area contributed by atoms with Crippen molar-refractivity contribution < 1.29 is 4.79 Å². The first kappa shape index (κ1) is 9.06. The van der Waals surface area contributed by atoms with Crippen molar-refractivity contribution in [2.75, 3.05) is 13.6 Å². The van der Waals surface area contributed by atoms with Gasteiger partial charge in [0.15, 0.2) is 0 Å². The Hall–Kier alpha value is -1.51. The third-order valence-electron chi connectivity index (χ3n) is 2.47.